The van der Waals surface area contributed by atoms with Crippen molar-refractivity contribution in [2.75, 3.05) is 19.8 Å². The monoisotopic (exact) mass is 524 g/mol. The second-order valence-corrected chi connectivity index (χ2v) is 15.8. The van der Waals surface area contributed by atoms with Crippen LogP contribution in [0.2, 0.25) is 0 Å². The highest BCUT2D eigenvalue weighted by Gasteiger charge is 2.58. The molecule has 0 aliphatic carbocycles. The van der Waals surface area contributed by atoms with Crippen LogP contribution in [0.25, 0.3) is 0 Å². The lowest BCUT2D eigenvalue weighted by Crippen LogP contribution is -2.63. The molecule has 0 N–H and O–H groups in total. The van der Waals surface area contributed by atoms with Crippen molar-refractivity contribution in [3.8, 4) is 0 Å². The van der Waals surface area contributed by atoms with Gasteiger partial charge in [0, 0.05) is 17.4 Å². The van der Waals surface area contributed by atoms with Crippen LogP contribution in [0.15, 0.2) is 0 Å². The first-order chi connectivity index (χ1) is 16.7. The Balaban J connectivity index is 1.73. The third kappa shape index (κ3) is 5.43. The summed E-state index contributed by atoms with van der Waals surface area (Å²) in [7, 11) is 0. The fourth-order valence-electron chi connectivity index (χ4n) is 6.92. The highest BCUT2D eigenvalue weighted by Crippen LogP contribution is 2.56. The van der Waals surface area contributed by atoms with E-state index in [1.807, 2.05) is 0 Å². The third-order valence-electron chi connectivity index (χ3n) is 12.4. The summed E-state index contributed by atoms with van der Waals surface area (Å²) in [5, 5.41) is 0. The quantitative estimate of drug-likeness (QED) is 0.359. The standard InChI is InChI=1S/C32H60O5/c1-19-16-33-24(21(3)20(19)2)17-34-26-29(8,9)22(4)28(6,7)25(36-26)18-35-27-30(10,11)23(5)31(12,13)32(14,15)37-27/h19-27H,16-18H2,1-15H3. The van der Waals surface area contributed by atoms with Gasteiger partial charge in [0.25, 0.3) is 0 Å². The van der Waals surface area contributed by atoms with Crippen LogP contribution in [0.3, 0.4) is 0 Å². The van der Waals surface area contributed by atoms with Crippen LogP contribution < -0.4 is 0 Å². The van der Waals surface area contributed by atoms with Gasteiger partial charge in [-0.05, 0) is 54.3 Å². The van der Waals surface area contributed by atoms with Crippen molar-refractivity contribution >= 4 is 0 Å². The molecule has 9 unspecified atom stereocenters. The lowest BCUT2D eigenvalue weighted by atomic mass is 9.57. The molecule has 0 aromatic carbocycles. The Morgan fingerprint density at radius 1 is 0.649 bits per heavy atom. The molecular formula is C32H60O5. The minimum atomic E-state index is -0.316. The van der Waals surface area contributed by atoms with Gasteiger partial charge in [-0.25, -0.2) is 0 Å². The van der Waals surface area contributed by atoms with Crippen molar-refractivity contribution in [3.05, 3.63) is 0 Å². The molecule has 9 atom stereocenters. The fraction of sp³-hybridized carbons (Fsp3) is 1.00. The summed E-state index contributed by atoms with van der Waals surface area (Å²) in [6.45, 7) is 36.2. The molecule has 3 aliphatic rings. The van der Waals surface area contributed by atoms with Crippen LogP contribution in [0.1, 0.15) is 104 Å². The predicted molar refractivity (Wildman–Crippen MR) is 150 cm³/mol. The third-order valence-corrected chi connectivity index (χ3v) is 12.4. The van der Waals surface area contributed by atoms with E-state index in [1.165, 1.54) is 0 Å². The summed E-state index contributed by atoms with van der Waals surface area (Å²) in [5.74, 6) is 2.46. The van der Waals surface area contributed by atoms with Gasteiger partial charge in [-0.1, -0.05) is 90.0 Å². The summed E-state index contributed by atoms with van der Waals surface area (Å²) in [5.41, 5.74) is -0.607. The smallest absolute Gasteiger partial charge is 0.163 e. The molecule has 218 valence electrons. The van der Waals surface area contributed by atoms with Crippen molar-refractivity contribution in [2.45, 2.75) is 134 Å². The Hall–Kier alpha value is -0.200. The average molecular weight is 525 g/mol. The van der Waals surface area contributed by atoms with Gasteiger partial charge in [0.1, 0.15) is 0 Å². The van der Waals surface area contributed by atoms with Gasteiger partial charge < -0.3 is 23.7 Å². The normalized spacial score (nSPS) is 44.4. The maximum Gasteiger partial charge on any atom is 0.163 e. The lowest BCUT2D eigenvalue weighted by molar-refractivity contribution is -0.355. The zero-order chi connectivity index (χ0) is 28.4. The molecule has 0 saturated carbocycles. The first-order valence-electron chi connectivity index (χ1n) is 14.9. The van der Waals surface area contributed by atoms with Crippen LogP contribution in [0, 0.1) is 51.2 Å². The first kappa shape index (κ1) is 31.3. The zero-order valence-corrected chi connectivity index (χ0v) is 26.9. The Labute approximate surface area is 229 Å². The summed E-state index contributed by atoms with van der Waals surface area (Å²) in [6.07, 6.45) is -0.607. The van der Waals surface area contributed by atoms with Crippen LogP contribution in [0.4, 0.5) is 0 Å². The molecule has 3 heterocycles. The van der Waals surface area contributed by atoms with Gasteiger partial charge >= 0.3 is 0 Å². The van der Waals surface area contributed by atoms with Crippen molar-refractivity contribution in [1.82, 2.24) is 0 Å². The molecule has 0 spiro atoms. The molecule has 0 aromatic rings. The number of ether oxygens (including phenoxy) is 5. The zero-order valence-electron chi connectivity index (χ0n) is 26.9. The summed E-state index contributed by atoms with van der Waals surface area (Å²) in [4.78, 5) is 0. The van der Waals surface area contributed by atoms with E-state index in [0.717, 1.165) is 6.61 Å². The number of hydrogen-bond donors (Lipinski definition) is 0. The van der Waals surface area contributed by atoms with Crippen LogP contribution in [-0.4, -0.2) is 50.2 Å². The van der Waals surface area contributed by atoms with E-state index >= 15 is 0 Å². The van der Waals surface area contributed by atoms with Crippen LogP contribution in [0.5, 0.6) is 0 Å². The molecule has 0 aromatic heterocycles. The minimum Gasteiger partial charge on any atom is -0.375 e. The largest absolute Gasteiger partial charge is 0.375 e. The van der Waals surface area contributed by atoms with E-state index in [4.69, 9.17) is 23.7 Å². The average Bonchev–Trinajstić information content (AvgIpc) is 2.79. The second-order valence-electron chi connectivity index (χ2n) is 15.8. The molecule has 3 rings (SSSR count). The van der Waals surface area contributed by atoms with Crippen molar-refractivity contribution < 1.29 is 23.7 Å². The van der Waals surface area contributed by atoms with E-state index in [9.17, 15) is 0 Å². The Morgan fingerprint density at radius 3 is 1.78 bits per heavy atom. The predicted octanol–water partition coefficient (Wildman–Crippen LogP) is 7.56. The fourth-order valence-corrected chi connectivity index (χ4v) is 6.92. The van der Waals surface area contributed by atoms with E-state index in [-0.39, 0.29) is 52.0 Å². The second kappa shape index (κ2) is 10.3. The Morgan fingerprint density at radius 2 is 1.19 bits per heavy atom. The summed E-state index contributed by atoms with van der Waals surface area (Å²) >= 11 is 0. The van der Waals surface area contributed by atoms with Gasteiger partial charge in [-0.2, -0.15) is 0 Å². The van der Waals surface area contributed by atoms with E-state index < -0.39 is 0 Å². The van der Waals surface area contributed by atoms with Gasteiger partial charge in [-0.3, -0.25) is 0 Å². The molecule has 0 radical (unpaired) electrons. The van der Waals surface area contributed by atoms with Gasteiger partial charge in [-0.15, -0.1) is 0 Å². The topological polar surface area (TPSA) is 46.2 Å². The first-order valence-corrected chi connectivity index (χ1v) is 14.9. The molecule has 5 nitrogen and oxygen atoms in total. The van der Waals surface area contributed by atoms with Gasteiger partial charge in [0.15, 0.2) is 12.6 Å². The molecule has 5 heteroatoms. The molecule has 3 saturated heterocycles. The van der Waals surface area contributed by atoms with Crippen molar-refractivity contribution in [2.24, 2.45) is 51.2 Å². The van der Waals surface area contributed by atoms with Crippen molar-refractivity contribution in [3.63, 3.8) is 0 Å². The maximum absolute atomic E-state index is 6.78. The number of rotatable bonds is 6. The van der Waals surface area contributed by atoms with E-state index in [2.05, 4.69) is 104 Å². The van der Waals surface area contributed by atoms with E-state index in [1.54, 1.807) is 0 Å². The van der Waals surface area contributed by atoms with Gasteiger partial charge in [0.2, 0.25) is 0 Å². The van der Waals surface area contributed by atoms with Gasteiger partial charge in [0.05, 0.1) is 31.0 Å². The molecule has 37 heavy (non-hydrogen) atoms. The summed E-state index contributed by atoms with van der Waals surface area (Å²) < 4.78 is 32.9. The van der Waals surface area contributed by atoms with Crippen LogP contribution in [-0.2, 0) is 23.7 Å². The molecule has 3 fully saturated rings. The highest BCUT2D eigenvalue weighted by atomic mass is 16.7. The molecule has 3 aliphatic heterocycles. The SMILES string of the molecule is CC1COC(COC2OC(COC3OC(C)(C)C(C)(C)C(C)C3(C)C)C(C)(C)C(C)C2(C)C)C(C)C1C. The minimum absolute atomic E-state index is 0.0298. The van der Waals surface area contributed by atoms with Crippen LogP contribution >= 0.6 is 0 Å². The molecule has 0 amide bonds. The van der Waals surface area contributed by atoms with Crippen molar-refractivity contribution in [1.29, 1.82) is 0 Å². The summed E-state index contributed by atoms with van der Waals surface area (Å²) in [6, 6.07) is 0. The lowest BCUT2D eigenvalue weighted by Gasteiger charge is -2.60. The molecule has 0 bridgehead atoms. The highest BCUT2D eigenvalue weighted by molar-refractivity contribution is 5.03. The molecular weight excluding hydrogens is 464 g/mol. The Kier molecular flexibility index (Phi) is 8.74. The number of hydrogen-bond acceptors (Lipinski definition) is 5. The maximum atomic E-state index is 6.78. The Bertz CT molecular complexity index is 784. The van der Waals surface area contributed by atoms with E-state index in [0.29, 0.717) is 42.8 Å².